The van der Waals surface area contributed by atoms with E-state index in [1.807, 2.05) is 30.0 Å². The highest BCUT2D eigenvalue weighted by Crippen LogP contribution is 2.31. The van der Waals surface area contributed by atoms with Crippen LogP contribution < -0.4 is 0 Å². The third-order valence-corrected chi connectivity index (χ3v) is 4.48. The quantitative estimate of drug-likeness (QED) is 0.840. The fourth-order valence-electron chi connectivity index (χ4n) is 3.39. The summed E-state index contributed by atoms with van der Waals surface area (Å²) in [5.41, 5.74) is 1.21. The Morgan fingerprint density at radius 1 is 1.22 bits per heavy atom. The van der Waals surface area contributed by atoms with Crippen molar-refractivity contribution < 1.29 is 9.59 Å². The largest absolute Gasteiger partial charge is 0.338 e. The van der Waals surface area contributed by atoms with Crippen LogP contribution >= 0.6 is 0 Å². The van der Waals surface area contributed by atoms with Gasteiger partial charge in [-0.15, -0.1) is 0 Å². The lowest BCUT2D eigenvalue weighted by Gasteiger charge is -2.36. The van der Waals surface area contributed by atoms with Crippen LogP contribution in [0, 0.1) is 17.3 Å². The molecule has 0 aromatic heterocycles. The summed E-state index contributed by atoms with van der Waals surface area (Å²) < 4.78 is 0. The number of Topliss-reactive ketones (excluding diaryl/α,β-unsaturated/α-hetero) is 1. The molecule has 2 rings (SSSR count). The normalized spacial score (nSPS) is 22.0. The fourth-order valence-corrected chi connectivity index (χ4v) is 3.39. The third kappa shape index (κ3) is 5.19. The molecule has 1 aromatic rings. The van der Waals surface area contributed by atoms with Gasteiger partial charge in [0.2, 0.25) is 5.91 Å². The van der Waals surface area contributed by atoms with Crippen molar-refractivity contribution in [1.82, 2.24) is 4.90 Å². The predicted octanol–water partition coefficient (Wildman–Crippen LogP) is 4.07. The molecule has 2 atom stereocenters. The molecule has 3 heteroatoms. The van der Waals surface area contributed by atoms with Gasteiger partial charge in [0.15, 0.2) is 0 Å². The van der Waals surface area contributed by atoms with Crippen LogP contribution in [-0.2, 0) is 16.1 Å². The molecule has 0 radical (unpaired) electrons. The Labute approximate surface area is 140 Å². The number of hydrogen-bond donors (Lipinski definition) is 0. The second-order valence-electron chi connectivity index (χ2n) is 8.11. The summed E-state index contributed by atoms with van der Waals surface area (Å²) in [6, 6.07) is 10.1. The van der Waals surface area contributed by atoms with E-state index in [2.05, 4.69) is 32.9 Å². The van der Waals surface area contributed by atoms with Crippen molar-refractivity contribution >= 4 is 11.7 Å². The molecule has 0 spiro atoms. The number of carbonyl (C=O) groups excluding carboxylic acids is 2. The van der Waals surface area contributed by atoms with Crippen LogP contribution in [0.4, 0.5) is 0 Å². The molecule has 1 fully saturated rings. The first kappa shape index (κ1) is 17.7. The summed E-state index contributed by atoms with van der Waals surface area (Å²) in [5, 5.41) is 0. The topological polar surface area (TPSA) is 37.4 Å². The van der Waals surface area contributed by atoms with E-state index < -0.39 is 0 Å². The number of carbonyl (C=O) groups is 2. The van der Waals surface area contributed by atoms with E-state index in [1.54, 1.807) is 0 Å². The number of amides is 1. The maximum Gasteiger partial charge on any atom is 0.226 e. The van der Waals surface area contributed by atoms with Crippen LogP contribution in [0.5, 0.6) is 0 Å². The molecule has 1 aromatic carbocycles. The highest BCUT2D eigenvalue weighted by molar-refractivity contribution is 5.85. The lowest BCUT2D eigenvalue weighted by atomic mass is 9.78. The Bertz CT molecular complexity index is 545. The van der Waals surface area contributed by atoms with Gasteiger partial charge in [0.05, 0.1) is 0 Å². The lowest BCUT2D eigenvalue weighted by Crippen LogP contribution is -2.44. The van der Waals surface area contributed by atoms with E-state index >= 15 is 0 Å². The summed E-state index contributed by atoms with van der Waals surface area (Å²) in [4.78, 5) is 26.7. The summed E-state index contributed by atoms with van der Waals surface area (Å²) in [5.74, 6) is 0.650. The minimum absolute atomic E-state index is 0.0150. The highest BCUT2D eigenvalue weighted by atomic mass is 16.2. The molecule has 0 bridgehead atoms. The first-order valence-corrected chi connectivity index (χ1v) is 8.61. The van der Waals surface area contributed by atoms with Gasteiger partial charge in [-0.1, -0.05) is 58.0 Å². The SMILES string of the molecule is CC1CC(=O)CCC1C(=O)N(Cc1ccccc1)CC(C)(C)C. The Kier molecular flexibility index (Phi) is 5.61. The first-order chi connectivity index (χ1) is 10.8. The summed E-state index contributed by atoms with van der Waals surface area (Å²) in [6.07, 6.45) is 1.80. The monoisotopic (exact) mass is 315 g/mol. The third-order valence-electron chi connectivity index (χ3n) is 4.48. The van der Waals surface area contributed by atoms with E-state index in [-0.39, 0.29) is 23.2 Å². The summed E-state index contributed by atoms with van der Waals surface area (Å²) in [6.45, 7) is 9.90. The average molecular weight is 315 g/mol. The van der Waals surface area contributed by atoms with E-state index in [0.29, 0.717) is 31.6 Å². The Morgan fingerprint density at radius 3 is 2.43 bits per heavy atom. The highest BCUT2D eigenvalue weighted by Gasteiger charge is 2.35. The van der Waals surface area contributed by atoms with Crippen LogP contribution in [0.3, 0.4) is 0 Å². The zero-order chi connectivity index (χ0) is 17.0. The van der Waals surface area contributed by atoms with Crippen LogP contribution in [0.15, 0.2) is 30.3 Å². The van der Waals surface area contributed by atoms with Crippen molar-refractivity contribution in [3.05, 3.63) is 35.9 Å². The molecule has 0 heterocycles. The van der Waals surface area contributed by atoms with Crippen molar-refractivity contribution in [3.8, 4) is 0 Å². The molecule has 3 nitrogen and oxygen atoms in total. The van der Waals surface area contributed by atoms with E-state index in [9.17, 15) is 9.59 Å². The number of benzene rings is 1. The molecule has 1 aliphatic rings. The average Bonchev–Trinajstić information content (AvgIpc) is 2.45. The van der Waals surface area contributed by atoms with Crippen LogP contribution in [-0.4, -0.2) is 23.1 Å². The van der Waals surface area contributed by atoms with Crippen LogP contribution in [0.25, 0.3) is 0 Å². The van der Waals surface area contributed by atoms with Gasteiger partial charge in [-0.25, -0.2) is 0 Å². The molecular weight excluding hydrogens is 286 g/mol. The lowest BCUT2D eigenvalue weighted by molar-refractivity contribution is -0.141. The molecule has 23 heavy (non-hydrogen) atoms. The van der Waals surface area contributed by atoms with Crippen LogP contribution in [0.2, 0.25) is 0 Å². The fraction of sp³-hybridized carbons (Fsp3) is 0.600. The van der Waals surface area contributed by atoms with E-state index in [4.69, 9.17) is 0 Å². The standard InChI is InChI=1S/C20H29NO2/c1-15-12-17(22)10-11-18(15)19(23)21(14-20(2,3)4)13-16-8-6-5-7-9-16/h5-9,15,18H,10-14H2,1-4H3. The molecule has 0 aliphatic heterocycles. The van der Waals surface area contributed by atoms with E-state index in [0.717, 1.165) is 12.1 Å². The van der Waals surface area contributed by atoms with Crippen molar-refractivity contribution in [1.29, 1.82) is 0 Å². The second kappa shape index (κ2) is 7.29. The van der Waals surface area contributed by atoms with Gasteiger partial charge in [0.1, 0.15) is 5.78 Å². The molecule has 0 N–H and O–H groups in total. The summed E-state index contributed by atoms with van der Waals surface area (Å²) in [7, 11) is 0. The smallest absolute Gasteiger partial charge is 0.226 e. The predicted molar refractivity (Wildman–Crippen MR) is 92.8 cm³/mol. The molecule has 126 valence electrons. The van der Waals surface area contributed by atoms with Crippen molar-refractivity contribution in [2.24, 2.45) is 17.3 Å². The van der Waals surface area contributed by atoms with Gasteiger partial charge in [0.25, 0.3) is 0 Å². The Balaban J connectivity index is 2.15. The van der Waals surface area contributed by atoms with Gasteiger partial charge < -0.3 is 4.90 Å². The Morgan fingerprint density at radius 2 is 1.87 bits per heavy atom. The zero-order valence-electron chi connectivity index (χ0n) is 14.8. The van der Waals surface area contributed by atoms with Crippen LogP contribution in [0.1, 0.15) is 52.5 Å². The maximum absolute atomic E-state index is 13.1. The number of rotatable bonds is 4. The number of nitrogens with zero attached hydrogens (tertiary/aromatic N) is 1. The minimum atomic E-state index is -0.0150. The number of ketones is 1. The van der Waals surface area contributed by atoms with Gasteiger partial charge >= 0.3 is 0 Å². The molecule has 1 saturated carbocycles. The van der Waals surface area contributed by atoms with Crippen molar-refractivity contribution in [2.45, 2.75) is 53.5 Å². The van der Waals surface area contributed by atoms with E-state index in [1.165, 1.54) is 0 Å². The van der Waals surface area contributed by atoms with Gasteiger partial charge in [-0.2, -0.15) is 0 Å². The second-order valence-corrected chi connectivity index (χ2v) is 8.11. The molecule has 2 unspecified atom stereocenters. The van der Waals surface area contributed by atoms with Gasteiger partial charge in [-0.05, 0) is 23.3 Å². The van der Waals surface area contributed by atoms with Gasteiger partial charge in [-0.3, -0.25) is 9.59 Å². The molecule has 0 saturated heterocycles. The first-order valence-electron chi connectivity index (χ1n) is 8.61. The zero-order valence-corrected chi connectivity index (χ0v) is 14.8. The molecular formula is C20H29NO2. The van der Waals surface area contributed by atoms with Crippen molar-refractivity contribution in [2.75, 3.05) is 6.54 Å². The maximum atomic E-state index is 13.1. The Hall–Kier alpha value is -1.64. The van der Waals surface area contributed by atoms with Crippen molar-refractivity contribution in [3.63, 3.8) is 0 Å². The summed E-state index contributed by atoms with van der Waals surface area (Å²) >= 11 is 0. The van der Waals surface area contributed by atoms with Gasteiger partial charge in [0, 0.05) is 31.8 Å². The number of hydrogen-bond acceptors (Lipinski definition) is 2. The molecule has 1 amide bonds. The molecule has 1 aliphatic carbocycles. The minimum Gasteiger partial charge on any atom is -0.338 e.